The molecule has 0 heterocycles. The van der Waals surface area contributed by atoms with Crippen LogP contribution in [0.1, 0.15) is 12.5 Å². The van der Waals surface area contributed by atoms with Gasteiger partial charge in [-0.15, -0.1) is 5.92 Å². The Bertz CT molecular complexity index is 421. The summed E-state index contributed by atoms with van der Waals surface area (Å²) in [4.78, 5) is 0. The molecule has 0 aliphatic heterocycles. The van der Waals surface area contributed by atoms with E-state index in [0.29, 0.717) is 17.1 Å². The first-order valence-electron chi connectivity index (χ1n) is 4.11. The number of rotatable bonds is 2. The van der Waals surface area contributed by atoms with Crippen LogP contribution in [0.4, 0.5) is 5.69 Å². The SMILES string of the molecule is CC#CCNc1ccc(C#N)c(Cl)c1. The topological polar surface area (TPSA) is 35.8 Å². The number of nitriles is 1. The van der Waals surface area contributed by atoms with E-state index in [1.807, 2.05) is 12.1 Å². The van der Waals surface area contributed by atoms with Gasteiger partial charge in [-0.05, 0) is 25.1 Å². The van der Waals surface area contributed by atoms with Gasteiger partial charge in [0.25, 0.3) is 0 Å². The average molecular weight is 205 g/mol. The zero-order valence-corrected chi connectivity index (χ0v) is 8.52. The van der Waals surface area contributed by atoms with Gasteiger partial charge in [0.15, 0.2) is 0 Å². The van der Waals surface area contributed by atoms with E-state index in [1.165, 1.54) is 0 Å². The number of benzene rings is 1. The molecule has 3 heteroatoms. The number of hydrogen-bond donors (Lipinski definition) is 1. The molecule has 0 unspecified atom stereocenters. The number of hydrogen-bond acceptors (Lipinski definition) is 2. The van der Waals surface area contributed by atoms with Gasteiger partial charge >= 0.3 is 0 Å². The third-order valence-electron chi connectivity index (χ3n) is 1.65. The molecule has 1 aromatic rings. The highest BCUT2D eigenvalue weighted by molar-refractivity contribution is 6.32. The summed E-state index contributed by atoms with van der Waals surface area (Å²) >= 11 is 5.84. The Morgan fingerprint density at radius 2 is 2.29 bits per heavy atom. The molecule has 1 rings (SSSR count). The van der Waals surface area contributed by atoms with Crippen LogP contribution in [-0.2, 0) is 0 Å². The molecule has 2 nitrogen and oxygen atoms in total. The van der Waals surface area contributed by atoms with Gasteiger partial charge in [-0.25, -0.2) is 0 Å². The van der Waals surface area contributed by atoms with Gasteiger partial charge < -0.3 is 5.32 Å². The largest absolute Gasteiger partial charge is 0.374 e. The minimum Gasteiger partial charge on any atom is -0.374 e. The highest BCUT2D eigenvalue weighted by atomic mass is 35.5. The van der Waals surface area contributed by atoms with Crippen LogP contribution >= 0.6 is 11.6 Å². The second kappa shape index (κ2) is 5.17. The fourth-order valence-electron chi connectivity index (χ4n) is 0.950. The van der Waals surface area contributed by atoms with Crippen LogP contribution in [0.15, 0.2) is 18.2 Å². The van der Waals surface area contributed by atoms with Crippen LogP contribution in [0.3, 0.4) is 0 Å². The molecular formula is C11H9ClN2. The zero-order chi connectivity index (χ0) is 10.4. The number of nitrogens with one attached hydrogen (secondary N) is 1. The fourth-order valence-corrected chi connectivity index (χ4v) is 1.17. The maximum atomic E-state index is 8.65. The Labute approximate surface area is 88.5 Å². The second-order valence-electron chi connectivity index (χ2n) is 2.59. The van der Waals surface area contributed by atoms with Gasteiger partial charge in [0.1, 0.15) is 6.07 Å². The second-order valence-corrected chi connectivity index (χ2v) is 2.99. The first-order chi connectivity index (χ1) is 6.77. The molecule has 0 amide bonds. The van der Waals surface area contributed by atoms with E-state index in [-0.39, 0.29) is 0 Å². The third kappa shape index (κ3) is 2.69. The highest BCUT2D eigenvalue weighted by Crippen LogP contribution is 2.19. The van der Waals surface area contributed by atoms with E-state index >= 15 is 0 Å². The lowest BCUT2D eigenvalue weighted by Crippen LogP contribution is -1.98. The molecule has 0 aliphatic rings. The lowest BCUT2D eigenvalue weighted by Gasteiger charge is -2.02. The molecule has 0 bridgehead atoms. The Balaban J connectivity index is 2.75. The standard InChI is InChI=1S/C11H9ClN2/c1-2-3-6-14-10-5-4-9(8-13)11(12)7-10/h4-5,7,14H,6H2,1H3. The number of anilines is 1. The van der Waals surface area contributed by atoms with Crippen molar-refractivity contribution in [2.45, 2.75) is 6.92 Å². The summed E-state index contributed by atoms with van der Waals surface area (Å²) in [5, 5.41) is 12.2. The monoisotopic (exact) mass is 204 g/mol. The normalized spacial score (nSPS) is 8.36. The summed E-state index contributed by atoms with van der Waals surface area (Å²) in [5.41, 5.74) is 1.36. The van der Waals surface area contributed by atoms with Gasteiger partial charge in [0, 0.05) is 5.69 Å². The molecule has 0 aromatic heterocycles. The number of nitrogens with zero attached hydrogens (tertiary/aromatic N) is 1. The van der Waals surface area contributed by atoms with Crippen LogP contribution < -0.4 is 5.32 Å². The fraction of sp³-hybridized carbons (Fsp3) is 0.182. The molecule has 70 valence electrons. The predicted molar refractivity (Wildman–Crippen MR) is 58.1 cm³/mol. The maximum absolute atomic E-state index is 8.65. The van der Waals surface area contributed by atoms with Gasteiger partial charge in [-0.3, -0.25) is 0 Å². The molecule has 1 N–H and O–H groups in total. The lowest BCUT2D eigenvalue weighted by atomic mass is 10.2. The Hall–Kier alpha value is -1.64. The summed E-state index contributed by atoms with van der Waals surface area (Å²) in [5.74, 6) is 5.65. The summed E-state index contributed by atoms with van der Waals surface area (Å²) in [7, 11) is 0. The van der Waals surface area contributed by atoms with Gasteiger partial charge in [-0.2, -0.15) is 5.26 Å². The van der Waals surface area contributed by atoms with E-state index in [0.717, 1.165) is 5.69 Å². The average Bonchev–Trinajstić information content (AvgIpc) is 2.18. The van der Waals surface area contributed by atoms with E-state index in [4.69, 9.17) is 16.9 Å². The lowest BCUT2D eigenvalue weighted by molar-refractivity contribution is 1.37. The molecule has 0 saturated carbocycles. The molecule has 14 heavy (non-hydrogen) atoms. The molecular weight excluding hydrogens is 196 g/mol. The smallest absolute Gasteiger partial charge is 0.101 e. The van der Waals surface area contributed by atoms with Crippen molar-refractivity contribution >= 4 is 17.3 Å². The van der Waals surface area contributed by atoms with E-state index in [9.17, 15) is 0 Å². The predicted octanol–water partition coefficient (Wildman–Crippen LogP) is 2.65. The first-order valence-corrected chi connectivity index (χ1v) is 4.49. The molecule has 1 aromatic carbocycles. The van der Waals surface area contributed by atoms with Crippen molar-refractivity contribution in [1.82, 2.24) is 0 Å². The van der Waals surface area contributed by atoms with Crippen molar-refractivity contribution in [3.05, 3.63) is 28.8 Å². The number of halogens is 1. The van der Waals surface area contributed by atoms with Crippen LogP contribution in [0.25, 0.3) is 0 Å². The van der Waals surface area contributed by atoms with Crippen LogP contribution in [0.5, 0.6) is 0 Å². The van der Waals surface area contributed by atoms with Gasteiger partial charge in [0.2, 0.25) is 0 Å². The van der Waals surface area contributed by atoms with Crippen molar-refractivity contribution in [2.75, 3.05) is 11.9 Å². The van der Waals surface area contributed by atoms with Crippen molar-refractivity contribution < 1.29 is 0 Å². The van der Waals surface area contributed by atoms with Crippen LogP contribution in [-0.4, -0.2) is 6.54 Å². The molecule has 0 spiro atoms. The molecule has 0 radical (unpaired) electrons. The van der Waals surface area contributed by atoms with E-state index in [2.05, 4.69) is 17.2 Å². The van der Waals surface area contributed by atoms with Crippen molar-refractivity contribution in [3.63, 3.8) is 0 Å². The summed E-state index contributed by atoms with van der Waals surface area (Å²) in [6.45, 7) is 2.37. The highest BCUT2D eigenvalue weighted by Gasteiger charge is 1.99. The minimum absolute atomic E-state index is 0.460. The Morgan fingerprint density at radius 3 is 2.86 bits per heavy atom. The maximum Gasteiger partial charge on any atom is 0.101 e. The van der Waals surface area contributed by atoms with Crippen molar-refractivity contribution in [1.29, 1.82) is 5.26 Å². The molecule has 0 saturated heterocycles. The summed E-state index contributed by atoms with van der Waals surface area (Å²) < 4.78 is 0. The van der Waals surface area contributed by atoms with Crippen molar-refractivity contribution in [2.24, 2.45) is 0 Å². The van der Waals surface area contributed by atoms with Gasteiger partial charge in [-0.1, -0.05) is 17.5 Å². The zero-order valence-electron chi connectivity index (χ0n) is 7.76. The Kier molecular flexibility index (Phi) is 3.85. The summed E-state index contributed by atoms with van der Waals surface area (Å²) in [6, 6.07) is 7.21. The summed E-state index contributed by atoms with van der Waals surface area (Å²) in [6.07, 6.45) is 0. The Morgan fingerprint density at radius 1 is 1.50 bits per heavy atom. The van der Waals surface area contributed by atoms with E-state index in [1.54, 1.807) is 19.1 Å². The minimum atomic E-state index is 0.460. The van der Waals surface area contributed by atoms with Gasteiger partial charge in [0.05, 0.1) is 17.1 Å². The van der Waals surface area contributed by atoms with E-state index < -0.39 is 0 Å². The molecule has 0 fully saturated rings. The third-order valence-corrected chi connectivity index (χ3v) is 1.96. The molecule has 0 atom stereocenters. The van der Waals surface area contributed by atoms with Crippen molar-refractivity contribution in [3.8, 4) is 17.9 Å². The quantitative estimate of drug-likeness (QED) is 0.752. The van der Waals surface area contributed by atoms with Crippen LogP contribution in [0.2, 0.25) is 5.02 Å². The first kappa shape index (κ1) is 10.4. The molecule has 0 aliphatic carbocycles. The van der Waals surface area contributed by atoms with Crippen LogP contribution in [0, 0.1) is 23.2 Å².